The zero-order valence-corrected chi connectivity index (χ0v) is 33.5. The molecule has 0 aliphatic rings. The minimum absolute atomic E-state index is 0.0154. The van der Waals surface area contributed by atoms with Crippen LogP contribution in [0.5, 0.6) is 11.5 Å². The third kappa shape index (κ3) is 7.19. The number of fused-ring (bicyclic) bond motifs is 3. The Morgan fingerprint density at radius 1 is 0.564 bits per heavy atom. The summed E-state index contributed by atoms with van der Waals surface area (Å²) in [5.74, 6) is 2.39. The van der Waals surface area contributed by atoms with Crippen LogP contribution in [0, 0.1) is 6.33 Å². The first-order valence-electron chi connectivity index (χ1n) is 19.2. The van der Waals surface area contributed by atoms with Crippen LogP contribution in [0.1, 0.15) is 79.0 Å². The van der Waals surface area contributed by atoms with Crippen molar-refractivity contribution in [2.24, 2.45) is 0 Å². The van der Waals surface area contributed by atoms with E-state index in [0.717, 1.165) is 45.1 Å². The van der Waals surface area contributed by atoms with Gasteiger partial charge in [0.15, 0.2) is 0 Å². The van der Waals surface area contributed by atoms with E-state index >= 15 is 0 Å². The minimum Gasteiger partial charge on any atom is -0.458 e. The average Bonchev–Trinajstić information content (AvgIpc) is 3.77. The van der Waals surface area contributed by atoms with Gasteiger partial charge in [0.05, 0.1) is 22.4 Å². The number of benzene rings is 5. The molecule has 5 heteroatoms. The molecule has 8 aromatic rings. The molecule has 0 saturated carbocycles. The number of pyridine rings is 1. The van der Waals surface area contributed by atoms with Crippen molar-refractivity contribution in [2.45, 2.75) is 78.6 Å². The average molecular weight is 723 g/mol. The molecule has 0 radical (unpaired) electrons. The molecule has 0 bridgehead atoms. The Bertz CT molecular complexity index is 2640. The normalized spacial score (nSPS) is 12.5. The summed E-state index contributed by atoms with van der Waals surface area (Å²) in [6.07, 6.45) is 9.60. The Balaban J connectivity index is 1.17. The highest BCUT2D eigenvalue weighted by Crippen LogP contribution is 2.38. The summed E-state index contributed by atoms with van der Waals surface area (Å²) in [6, 6.07) is 43.1. The zero-order chi connectivity index (χ0) is 38.7. The van der Waals surface area contributed by atoms with Crippen LogP contribution in [0.25, 0.3) is 50.1 Å². The maximum Gasteiger partial charge on any atom is 0.268 e. The van der Waals surface area contributed by atoms with E-state index in [9.17, 15) is 0 Å². The van der Waals surface area contributed by atoms with Crippen LogP contribution in [0.15, 0.2) is 140 Å². The van der Waals surface area contributed by atoms with Crippen LogP contribution >= 0.6 is 0 Å². The van der Waals surface area contributed by atoms with Crippen LogP contribution in [-0.4, -0.2) is 14.1 Å². The van der Waals surface area contributed by atoms with Gasteiger partial charge < -0.3 is 4.74 Å². The smallest absolute Gasteiger partial charge is 0.268 e. The second kappa shape index (κ2) is 13.4. The number of aromatic nitrogens is 4. The Morgan fingerprint density at radius 3 is 1.98 bits per heavy atom. The third-order valence-corrected chi connectivity index (χ3v) is 10.5. The van der Waals surface area contributed by atoms with Crippen LogP contribution in [0.2, 0.25) is 0 Å². The molecular weight excluding hydrogens is 673 g/mol. The molecule has 0 fully saturated rings. The first-order valence-corrected chi connectivity index (χ1v) is 19.2. The largest absolute Gasteiger partial charge is 0.458 e. The van der Waals surface area contributed by atoms with Crippen molar-refractivity contribution in [2.75, 3.05) is 0 Å². The standard InChI is InChI=1S/C50H50N4O/c1-48(2,3)36-22-23-51-47(30-36)54-45-21-18-35(34-14-11-10-12-15-34)26-44(45)43-20-19-42(32-46(43)54)55-41-17-13-16-39(31-41)52-24-25-53(33-52)40-28-37(49(4,5)6)27-38(29-40)50(7,8)9/h10-32H,1-9H3. The van der Waals surface area contributed by atoms with Crippen molar-refractivity contribution in [3.63, 3.8) is 0 Å². The van der Waals surface area contributed by atoms with Crippen molar-refractivity contribution in [3.05, 3.63) is 163 Å². The van der Waals surface area contributed by atoms with Crippen molar-refractivity contribution >= 4 is 21.8 Å². The monoisotopic (exact) mass is 722 g/mol. The van der Waals surface area contributed by atoms with E-state index in [-0.39, 0.29) is 16.2 Å². The van der Waals surface area contributed by atoms with E-state index in [1.807, 2.05) is 29.1 Å². The van der Waals surface area contributed by atoms with Crippen LogP contribution in [-0.2, 0) is 16.2 Å². The topological polar surface area (TPSA) is 35.9 Å². The molecule has 0 saturated heterocycles. The molecule has 3 heterocycles. The van der Waals surface area contributed by atoms with Gasteiger partial charge in [-0.25, -0.2) is 4.98 Å². The van der Waals surface area contributed by atoms with Gasteiger partial charge in [0, 0.05) is 35.4 Å². The Morgan fingerprint density at radius 2 is 1.27 bits per heavy atom. The SMILES string of the molecule is CC(C)(C)c1cc(-[n+]2[c-]n(-c3cccc(Oc4ccc5c6cc(-c7ccccc7)ccc6n(-c6cc(C(C)(C)C)ccn6)c5c4)c3)cc2)cc(C(C)(C)C)c1. The Labute approximate surface area is 325 Å². The van der Waals surface area contributed by atoms with Crippen molar-refractivity contribution < 1.29 is 9.30 Å². The van der Waals surface area contributed by atoms with Crippen molar-refractivity contribution in [1.29, 1.82) is 0 Å². The highest BCUT2D eigenvalue weighted by molar-refractivity contribution is 6.10. The molecule has 0 aliphatic heterocycles. The van der Waals surface area contributed by atoms with Gasteiger partial charge in [-0.15, -0.1) is 0 Å². The van der Waals surface area contributed by atoms with E-state index < -0.39 is 0 Å². The van der Waals surface area contributed by atoms with E-state index in [0.29, 0.717) is 0 Å². The molecule has 3 aromatic heterocycles. The van der Waals surface area contributed by atoms with E-state index in [4.69, 9.17) is 9.72 Å². The lowest BCUT2D eigenvalue weighted by Gasteiger charge is -2.26. The van der Waals surface area contributed by atoms with Gasteiger partial charge in [-0.2, -0.15) is 0 Å². The van der Waals surface area contributed by atoms with Crippen molar-refractivity contribution in [1.82, 2.24) is 14.1 Å². The van der Waals surface area contributed by atoms with Gasteiger partial charge in [-0.05, 0) is 111 Å². The van der Waals surface area contributed by atoms with Gasteiger partial charge in [0.2, 0.25) is 0 Å². The molecule has 0 amide bonds. The number of ether oxygens (including phenoxy) is 1. The van der Waals surface area contributed by atoms with Gasteiger partial charge in [0.25, 0.3) is 6.33 Å². The summed E-state index contributed by atoms with van der Waals surface area (Å²) in [7, 11) is 0. The molecule has 0 N–H and O–H groups in total. The Hall–Kier alpha value is -5.94. The van der Waals surface area contributed by atoms with E-state index in [1.165, 1.54) is 33.2 Å². The Kier molecular flexibility index (Phi) is 8.80. The lowest BCUT2D eigenvalue weighted by Crippen LogP contribution is -2.30. The fourth-order valence-corrected chi connectivity index (χ4v) is 7.18. The predicted octanol–water partition coefficient (Wildman–Crippen LogP) is 12.4. The summed E-state index contributed by atoms with van der Waals surface area (Å²) in [4.78, 5) is 4.91. The maximum absolute atomic E-state index is 6.64. The number of imidazole rings is 1. The molecule has 55 heavy (non-hydrogen) atoms. The summed E-state index contributed by atoms with van der Waals surface area (Å²) in [6.45, 7) is 20.3. The van der Waals surface area contributed by atoms with Gasteiger partial charge >= 0.3 is 0 Å². The molecule has 8 rings (SSSR count). The highest BCUT2D eigenvalue weighted by Gasteiger charge is 2.22. The molecule has 276 valence electrons. The van der Waals surface area contributed by atoms with E-state index in [2.05, 4.69) is 193 Å². The molecule has 0 spiro atoms. The molecule has 0 aliphatic carbocycles. The summed E-state index contributed by atoms with van der Waals surface area (Å²) < 4.78 is 13.0. The molecule has 5 aromatic carbocycles. The lowest BCUT2D eigenvalue weighted by molar-refractivity contribution is -0.599. The van der Waals surface area contributed by atoms with Gasteiger partial charge in [-0.1, -0.05) is 111 Å². The second-order valence-electron chi connectivity index (χ2n) is 17.8. The number of nitrogens with zero attached hydrogens (tertiary/aromatic N) is 4. The number of hydrogen-bond donors (Lipinski definition) is 0. The highest BCUT2D eigenvalue weighted by atomic mass is 16.5. The number of hydrogen-bond acceptors (Lipinski definition) is 2. The van der Waals surface area contributed by atoms with E-state index in [1.54, 1.807) is 0 Å². The summed E-state index contributed by atoms with van der Waals surface area (Å²) in [5, 5.41) is 2.32. The van der Waals surface area contributed by atoms with Gasteiger partial charge in [0.1, 0.15) is 17.3 Å². The first-order chi connectivity index (χ1) is 26.1. The summed E-state index contributed by atoms with van der Waals surface area (Å²) in [5.41, 5.74) is 10.5. The quantitative estimate of drug-likeness (QED) is 0.127. The summed E-state index contributed by atoms with van der Waals surface area (Å²) >= 11 is 0. The first kappa shape index (κ1) is 36.1. The van der Waals surface area contributed by atoms with Crippen LogP contribution < -0.4 is 9.30 Å². The molecule has 0 atom stereocenters. The van der Waals surface area contributed by atoms with Crippen LogP contribution in [0.3, 0.4) is 0 Å². The van der Waals surface area contributed by atoms with Crippen molar-refractivity contribution in [3.8, 4) is 39.8 Å². The maximum atomic E-state index is 6.64. The fourth-order valence-electron chi connectivity index (χ4n) is 7.18. The van der Waals surface area contributed by atoms with Crippen LogP contribution in [0.4, 0.5) is 0 Å². The zero-order valence-electron chi connectivity index (χ0n) is 33.5. The second-order valence-corrected chi connectivity index (χ2v) is 17.8. The molecule has 0 unspecified atom stereocenters. The lowest BCUT2D eigenvalue weighted by atomic mass is 9.80. The molecule has 5 nitrogen and oxygen atoms in total. The van der Waals surface area contributed by atoms with Gasteiger partial charge in [-0.3, -0.25) is 13.7 Å². The molecular formula is C50H50N4O. The number of rotatable bonds is 6. The third-order valence-electron chi connectivity index (χ3n) is 10.5. The minimum atomic E-state index is -0.0154. The predicted molar refractivity (Wildman–Crippen MR) is 226 cm³/mol. The fraction of sp³-hybridized carbons (Fsp3) is 0.240.